The van der Waals surface area contributed by atoms with E-state index in [0.29, 0.717) is 0 Å². The van der Waals surface area contributed by atoms with Crippen LogP contribution in [0.25, 0.3) is 0 Å². The zero-order chi connectivity index (χ0) is 9.83. The lowest BCUT2D eigenvalue weighted by atomic mass is 10.1. The lowest BCUT2D eigenvalue weighted by Gasteiger charge is -2.08. The number of hydrogen-bond acceptors (Lipinski definition) is 2. The summed E-state index contributed by atoms with van der Waals surface area (Å²) in [6.07, 6.45) is 3.11. The fraction of sp³-hybridized carbons (Fsp3) is 0.600. The predicted molar refractivity (Wildman–Crippen MR) is 49.5 cm³/mol. The van der Waals surface area contributed by atoms with Gasteiger partial charge in [-0.05, 0) is 39.8 Å². The van der Waals surface area contributed by atoms with E-state index in [9.17, 15) is 10.2 Å². The standard InChI is InChI=1S/C10H16O2/c1-9(2,11)7-5-6-8-10(3,4)12/h5,7,11-12H,1-4H3. The third-order valence-electron chi connectivity index (χ3n) is 0.953. The second-order valence-corrected chi connectivity index (χ2v) is 3.82. The zero-order valence-electron chi connectivity index (χ0n) is 8.05. The highest BCUT2D eigenvalue weighted by atomic mass is 16.3. The van der Waals surface area contributed by atoms with Crippen LogP contribution in [0.2, 0.25) is 0 Å². The van der Waals surface area contributed by atoms with Crippen LogP contribution in [0.5, 0.6) is 0 Å². The molecule has 0 bridgehead atoms. The SMILES string of the molecule is CC(C)(O)C#CC=CC(C)(C)O. The van der Waals surface area contributed by atoms with Crippen molar-refractivity contribution in [3.05, 3.63) is 12.2 Å². The van der Waals surface area contributed by atoms with Gasteiger partial charge in [-0.1, -0.05) is 11.8 Å². The highest BCUT2D eigenvalue weighted by Gasteiger charge is 2.06. The number of allylic oxidation sites excluding steroid dienone is 1. The minimum absolute atomic E-state index is 0.839. The van der Waals surface area contributed by atoms with Crippen LogP contribution in [0.15, 0.2) is 12.2 Å². The maximum atomic E-state index is 9.23. The Morgan fingerprint density at radius 1 is 1.08 bits per heavy atom. The Hall–Kier alpha value is -0.780. The normalized spacial score (nSPS) is 12.8. The summed E-state index contributed by atoms with van der Waals surface area (Å²) in [5.74, 6) is 5.24. The molecule has 0 saturated carbocycles. The van der Waals surface area contributed by atoms with Gasteiger partial charge in [0.2, 0.25) is 0 Å². The molecule has 0 radical (unpaired) electrons. The van der Waals surface area contributed by atoms with Crippen LogP contribution in [0.3, 0.4) is 0 Å². The van der Waals surface area contributed by atoms with Gasteiger partial charge in [0.05, 0.1) is 5.60 Å². The van der Waals surface area contributed by atoms with Crippen LogP contribution in [0.4, 0.5) is 0 Å². The van der Waals surface area contributed by atoms with E-state index in [1.54, 1.807) is 33.8 Å². The van der Waals surface area contributed by atoms with Gasteiger partial charge in [-0.2, -0.15) is 0 Å². The maximum Gasteiger partial charge on any atom is 0.120 e. The summed E-state index contributed by atoms with van der Waals surface area (Å²) in [6, 6.07) is 0. The monoisotopic (exact) mass is 168 g/mol. The van der Waals surface area contributed by atoms with Crippen LogP contribution in [0, 0.1) is 11.8 Å². The third-order valence-corrected chi connectivity index (χ3v) is 0.953. The van der Waals surface area contributed by atoms with Gasteiger partial charge in [-0.15, -0.1) is 0 Å². The van der Waals surface area contributed by atoms with E-state index in [4.69, 9.17) is 0 Å². The molecule has 0 aliphatic heterocycles. The van der Waals surface area contributed by atoms with E-state index in [-0.39, 0.29) is 0 Å². The van der Waals surface area contributed by atoms with Crippen LogP contribution >= 0.6 is 0 Å². The van der Waals surface area contributed by atoms with Crippen molar-refractivity contribution in [2.45, 2.75) is 38.9 Å². The molecule has 0 aromatic heterocycles. The topological polar surface area (TPSA) is 40.5 Å². The van der Waals surface area contributed by atoms with Crippen molar-refractivity contribution in [2.75, 3.05) is 0 Å². The molecule has 0 rings (SSSR count). The Labute approximate surface area is 73.9 Å². The Morgan fingerprint density at radius 2 is 1.58 bits per heavy atom. The van der Waals surface area contributed by atoms with Gasteiger partial charge in [0.15, 0.2) is 0 Å². The smallest absolute Gasteiger partial charge is 0.120 e. The molecule has 12 heavy (non-hydrogen) atoms. The molecule has 0 aromatic carbocycles. The lowest BCUT2D eigenvalue weighted by molar-refractivity contribution is 0.133. The van der Waals surface area contributed by atoms with Crippen molar-refractivity contribution in [1.29, 1.82) is 0 Å². The summed E-state index contributed by atoms with van der Waals surface area (Å²) in [5, 5.41) is 18.4. The van der Waals surface area contributed by atoms with Crippen molar-refractivity contribution in [2.24, 2.45) is 0 Å². The van der Waals surface area contributed by atoms with Crippen LogP contribution < -0.4 is 0 Å². The fourth-order valence-corrected chi connectivity index (χ4v) is 0.464. The molecule has 0 aliphatic carbocycles. The Morgan fingerprint density at radius 3 is 1.92 bits per heavy atom. The maximum absolute atomic E-state index is 9.23. The summed E-state index contributed by atoms with van der Waals surface area (Å²) in [5.41, 5.74) is -1.81. The molecule has 0 aliphatic rings. The minimum atomic E-state index is -0.968. The summed E-state index contributed by atoms with van der Waals surface area (Å²) < 4.78 is 0. The Balaban J connectivity index is 4.13. The van der Waals surface area contributed by atoms with E-state index in [1.807, 2.05) is 0 Å². The Bertz CT molecular complexity index is 215. The van der Waals surface area contributed by atoms with Crippen molar-refractivity contribution >= 4 is 0 Å². The van der Waals surface area contributed by atoms with Gasteiger partial charge < -0.3 is 10.2 Å². The Kier molecular flexibility index (Phi) is 3.51. The number of hydrogen-bond donors (Lipinski definition) is 2. The van der Waals surface area contributed by atoms with E-state index in [2.05, 4.69) is 11.8 Å². The molecule has 0 atom stereocenters. The quantitative estimate of drug-likeness (QED) is 0.575. The lowest BCUT2D eigenvalue weighted by Crippen LogP contribution is -2.15. The number of aliphatic hydroxyl groups is 2. The van der Waals surface area contributed by atoms with Gasteiger partial charge in [0.25, 0.3) is 0 Å². The highest BCUT2D eigenvalue weighted by molar-refractivity contribution is 5.22. The molecule has 2 heteroatoms. The average molecular weight is 168 g/mol. The molecule has 0 aromatic rings. The summed E-state index contributed by atoms with van der Waals surface area (Å²) in [6.45, 7) is 6.54. The van der Waals surface area contributed by atoms with E-state index < -0.39 is 11.2 Å². The van der Waals surface area contributed by atoms with Crippen LogP contribution in [-0.2, 0) is 0 Å². The molecule has 0 fully saturated rings. The fourth-order valence-electron chi connectivity index (χ4n) is 0.464. The summed E-state index contributed by atoms with van der Waals surface area (Å²) >= 11 is 0. The van der Waals surface area contributed by atoms with E-state index in [0.717, 1.165) is 0 Å². The molecule has 68 valence electrons. The zero-order valence-corrected chi connectivity index (χ0v) is 8.05. The molecule has 2 N–H and O–H groups in total. The molecular weight excluding hydrogens is 152 g/mol. The molecule has 0 amide bonds. The largest absolute Gasteiger partial charge is 0.386 e. The molecule has 0 saturated heterocycles. The predicted octanol–water partition coefficient (Wildman–Crippen LogP) is 1.09. The first-order valence-corrected chi connectivity index (χ1v) is 3.86. The molecule has 0 heterocycles. The first-order valence-electron chi connectivity index (χ1n) is 3.86. The second kappa shape index (κ2) is 3.75. The van der Waals surface area contributed by atoms with Crippen molar-refractivity contribution < 1.29 is 10.2 Å². The highest BCUT2D eigenvalue weighted by Crippen LogP contribution is 2.01. The third kappa shape index (κ3) is 9.22. The van der Waals surface area contributed by atoms with E-state index >= 15 is 0 Å². The molecule has 0 spiro atoms. The summed E-state index contributed by atoms with van der Waals surface area (Å²) in [7, 11) is 0. The van der Waals surface area contributed by atoms with E-state index in [1.165, 1.54) is 6.08 Å². The first kappa shape index (κ1) is 11.2. The summed E-state index contributed by atoms with van der Waals surface area (Å²) in [4.78, 5) is 0. The van der Waals surface area contributed by atoms with Gasteiger partial charge >= 0.3 is 0 Å². The van der Waals surface area contributed by atoms with Crippen molar-refractivity contribution in [1.82, 2.24) is 0 Å². The number of rotatable bonds is 1. The average Bonchev–Trinajstić information content (AvgIpc) is 1.76. The van der Waals surface area contributed by atoms with Gasteiger partial charge in [0, 0.05) is 0 Å². The van der Waals surface area contributed by atoms with Crippen molar-refractivity contribution in [3.8, 4) is 11.8 Å². The van der Waals surface area contributed by atoms with Crippen molar-refractivity contribution in [3.63, 3.8) is 0 Å². The minimum Gasteiger partial charge on any atom is -0.386 e. The van der Waals surface area contributed by atoms with Crippen LogP contribution in [0.1, 0.15) is 27.7 Å². The second-order valence-electron chi connectivity index (χ2n) is 3.82. The molecular formula is C10H16O2. The van der Waals surface area contributed by atoms with Crippen LogP contribution in [-0.4, -0.2) is 21.4 Å². The van der Waals surface area contributed by atoms with Gasteiger partial charge in [-0.3, -0.25) is 0 Å². The first-order chi connectivity index (χ1) is 5.21. The molecule has 0 unspecified atom stereocenters. The molecule has 2 nitrogen and oxygen atoms in total. The van der Waals surface area contributed by atoms with Gasteiger partial charge in [-0.25, -0.2) is 0 Å². The van der Waals surface area contributed by atoms with Gasteiger partial charge in [0.1, 0.15) is 5.60 Å².